The maximum atomic E-state index is 12.6. The number of halogens is 3. The van der Waals surface area contributed by atoms with Crippen molar-refractivity contribution in [2.45, 2.75) is 57.0 Å². The molecule has 35 heavy (non-hydrogen) atoms. The fraction of sp³-hybridized carbons (Fsp3) is 0.423. The minimum absolute atomic E-state index is 0.183. The van der Waals surface area contributed by atoms with Gasteiger partial charge in [-0.15, -0.1) is 0 Å². The summed E-state index contributed by atoms with van der Waals surface area (Å²) in [7, 11) is 0. The Hall–Kier alpha value is -3.36. The zero-order chi connectivity index (χ0) is 25.4. The third-order valence-electron chi connectivity index (χ3n) is 6.33. The molecule has 0 saturated carbocycles. The lowest BCUT2D eigenvalue weighted by molar-refractivity contribution is -0.192. The molecule has 1 aliphatic heterocycles. The monoisotopic (exact) mass is 489 g/mol. The van der Waals surface area contributed by atoms with Gasteiger partial charge in [0.05, 0.1) is 6.42 Å². The van der Waals surface area contributed by atoms with E-state index in [0.717, 1.165) is 50.2 Å². The zero-order valence-electron chi connectivity index (χ0n) is 19.4. The number of nitrogens with two attached hydrogens (primary N) is 1. The zero-order valence-corrected chi connectivity index (χ0v) is 19.4. The van der Waals surface area contributed by atoms with E-state index in [4.69, 9.17) is 15.6 Å². The Bertz CT molecular complexity index is 1050. The molecule has 0 radical (unpaired) electrons. The second-order valence-electron chi connectivity index (χ2n) is 8.78. The Kier molecular flexibility index (Phi) is 8.89. The molecule has 0 atom stereocenters. The first kappa shape index (κ1) is 26.2. The van der Waals surface area contributed by atoms with Gasteiger partial charge in [0.25, 0.3) is 0 Å². The molecular weight excluding hydrogens is 459 g/mol. The first-order chi connectivity index (χ1) is 16.6. The van der Waals surface area contributed by atoms with Crippen LogP contribution in [0.4, 0.5) is 18.9 Å². The van der Waals surface area contributed by atoms with Crippen LogP contribution in [0.25, 0.3) is 5.57 Å². The van der Waals surface area contributed by atoms with Crippen molar-refractivity contribution in [3.8, 4) is 0 Å². The number of anilines is 1. The highest BCUT2D eigenvalue weighted by Gasteiger charge is 2.38. The number of carboxylic acids is 1. The topological polar surface area (TPSA) is 96.5 Å². The number of allylic oxidation sites excluding steroid dienone is 2. The van der Waals surface area contributed by atoms with Gasteiger partial charge in [-0.25, -0.2) is 4.79 Å². The number of hydrogen-bond donors (Lipinski definition) is 2. The van der Waals surface area contributed by atoms with E-state index >= 15 is 0 Å². The predicted molar refractivity (Wildman–Crippen MR) is 127 cm³/mol. The molecule has 9 heteroatoms. The van der Waals surface area contributed by atoms with Gasteiger partial charge >= 0.3 is 12.1 Å². The predicted octanol–water partition coefficient (Wildman–Crippen LogP) is 5.20. The summed E-state index contributed by atoms with van der Waals surface area (Å²) < 4.78 is 31.7. The third-order valence-corrected chi connectivity index (χ3v) is 6.33. The molecule has 0 unspecified atom stereocenters. The number of aliphatic carboxylic acids is 1. The molecule has 1 aromatic carbocycles. The molecular formula is C26H30F3N3O3. The SMILES string of the molecule is Nc1ccc(C2CCN(C(=O)Cc3ccccn3)CC2)cc1C1=CCCCC1.O=C(O)C(F)(F)F. The lowest BCUT2D eigenvalue weighted by atomic mass is 9.85. The van der Waals surface area contributed by atoms with Crippen LogP contribution in [0.2, 0.25) is 0 Å². The summed E-state index contributed by atoms with van der Waals surface area (Å²) in [6.07, 6.45) is 6.27. The normalized spacial score (nSPS) is 16.7. The van der Waals surface area contributed by atoms with Crippen molar-refractivity contribution in [3.63, 3.8) is 0 Å². The number of alkyl halides is 3. The van der Waals surface area contributed by atoms with E-state index in [-0.39, 0.29) is 5.91 Å². The number of benzene rings is 1. The van der Waals surface area contributed by atoms with Crippen molar-refractivity contribution in [1.82, 2.24) is 9.88 Å². The van der Waals surface area contributed by atoms with E-state index < -0.39 is 12.1 Å². The van der Waals surface area contributed by atoms with E-state index in [2.05, 4.69) is 29.3 Å². The average Bonchev–Trinajstić information content (AvgIpc) is 2.85. The maximum Gasteiger partial charge on any atom is 0.490 e. The molecule has 1 saturated heterocycles. The number of carboxylic acid groups (broad SMARTS) is 1. The number of aromatic nitrogens is 1. The summed E-state index contributed by atoms with van der Waals surface area (Å²) in [4.78, 5) is 27.7. The Morgan fingerprint density at radius 2 is 1.83 bits per heavy atom. The molecule has 2 aliphatic rings. The standard InChI is InChI=1S/C24H29N3O.C2HF3O2/c25-23-10-9-20(16-22(23)19-6-2-1-3-7-19)18-11-14-27(15-12-18)24(28)17-21-8-4-5-13-26-21;3-2(4,5)1(6)7/h4-6,8-10,13,16,18H,1-3,7,11-12,14-15,17,25H2;(H,6,7). The van der Waals surface area contributed by atoms with Crippen molar-refractivity contribution in [2.24, 2.45) is 0 Å². The number of nitrogens with zero attached hydrogens (tertiary/aromatic N) is 2. The second-order valence-corrected chi connectivity index (χ2v) is 8.78. The number of hydrogen-bond acceptors (Lipinski definition) is 4. The first-order valence-electron chi connectivity index (χ1n) is 11.7. The van der Waals surface area contributed by atoms with Gasteiger partial charge < -0.3 is 15.7 Å². The van der Waals surface area contributed by atoms with Crippen molar-refractivity contribution in [2.75, 3.05) is 18.8 Å². The summed E-state index contributed by atoms with van der Waals surface area (Å²) in [5.41, 5.74) is 12.0. The third kappa shape index (κ3) is 7.56. The molecule has 2 heterocycles. The largest absolute Gasteiger partial charge is 0.490 e. The summed E-state index contributed by atoms with van der Waals surface area (Å²) in [6, 6.07) is 12.3. The van der Waals surface area contributed by atoms with Crippen LogP contribution in [-0.2, 0) is 16.0 Å². The Morgan fingerprint density at radius 1 is 1.11 bits per heavy atom. The van der Waals surface area contributed by atoms with E-state index in [0.29, 0.717) is 12.3 Å². The molecule has 0 spiro atoms. The second kappa shape index (κ2) is 11.9. The smallest absolute Gasteiger partial charge is 0.475 e. The molecule has 4 rings (SSSR count). The van der Waals surface area contributed by atoms with Gasteiger partial charge in [0.2, 0.25) is 5.91 Å². The highest BCUT2D eigenvalue weighted by molar-refractivity contribution is 5.78. The van der Waals surface area contributed by atoms with Crippen LogP contribution in [0.3, 0.4) is 0 Å². The lowest BCUT2D eigenvalue weighted by Crippen LogP contribution is -2.38. The van der Waals surface area contributed by atoms with Gasteiger partial charge in [0, 0.05) is 36.2 Å². The molecule has 2 aromatic rings. The Labute approximate surface area is 202 Å². The van der Waals surface area contributed by atoms with Crippen LogP contribution in [0.1, 0.15) is 61.3 Å². The minimum atomic E-state index is -5.08. The van der Waals surface area contributed by atoms with E-state index in [1.807, 2.05) is 23.1 Å². The number of likely N-dealkylation sites (tertiary alicyclic amines) is 1. The molecule has 1 aromatic heterocycles. The molecule has 1 amide bonds. The quantitative estimate of drug-likeness (QED) is 0.576. The van der Waals surface area contributed by atoms with Crippen molar-refractivity contribution < 1.29 is 27.9 Å². The number of rotatable bonds is 4. The maximum absolute atomic E-state index is 12.6. The fourth-order valence-corrected chi connectivity index (χ4v) is 4.42. The number of nitrogen functional groups attached to an aromatic ring is 1. The highest BCUT2D eigenvalue weighted by Crippen LogP contribution is 2.35. The van der Waals surface area contributed by atoms with Crippen LogP contribution in [0.5, 0.6) is 0 Å². The van der Waals surface area contributed by atoms with E-state index in [9.17, 15) is 18.0 Å². The summed E-state index contributed by atoms with van der Waals surface area (Å²) in [5.74, 6) is -2.07. The highest BCUT2D eigenvalue weighted by atomic mass is 19.4. The summed E-state index contributed by atoms with van der Waals surface area (Å²) >= 11 is 0. The van der Waals surface area contributed by atoms with Gasteiger partial charge in [-0.3, -0.25) is 9.78 Å². The summed E-state index contributed by atoms with van der Waals surface area (Å²) in [6.45, 7) is 1.64. The Balaban J connectivity index is 0.000000429. The summed E-state index contributed by atoms with van der Waals surface area (Å²) in [5, 5.41) is 7.12. The van der Waals surface area contributed by atoms with Crippen molar-refractivity contribution in [1.29, 1.82) is 0 Å². The van der Waals surface area contributed by atoms with Crippen molar-refractivity contribution >= 4 is 23.1 Å². The molecule has 0 bridgehead atoms. The molecule has 6 nitrogen and oxygen atoms in total. The molecule has 1 fully saturated rings. The van der Waals surface area contributed by atoms with Gasteiger partial charge in [-0.2, -0.15) is 13.2 Å². The van der Waals surface area contributed by atoms with Crippen LogP contribution in [0, 0.1) is 0 Å². The van der Waals surface area contributed by atoms with Crippen molar-refractivity contribution in [3.05, 3.63) is 65.5 Å². The minimum Gasteiger partial charge on any atom is -0.475 e. The number of amides is 1. The molecule has 3 N–H and O–H groups in total. The van der Waals surface area contributed by atoms with Gasteiger partial charge in [-0.05, 0) is 79.8 Å². The first-order valence-corrected chi connectivity index (χ1v) is 11.7. The van der Waals surface area contributed by atoms with Crippen LogP contribution in [0.15, 0.2) is 48.7 Å². The van der Waals surface area contributed by atoms with Crippen LogP contribution < -0.4 is 5.73 Å². The van der Waals surface area contributed by atoms with E-state index in [1.165, 1.54) is 29.5 Å². The van der Waals surface area contributed by atoms with Gasteiger partial charge in [-0.1, -0.05) is 18.2 Å². The number of carbonyl (C=O) groups is 2. The number of piperidine rings is 1. The number of pyridine rings is 1. The Morgan fingerprint density at radius 3 is 2.40 bits per heavy atom. The fourth-order valence-electron chi connectivity index (χ4n) is 4.42. The lowest BCUT2D eigenvalue weighted by Gasteiger charge is -2.32. The van der Waals surface area contributed by atoms with Gasteiger partial charge in [0.15, 0.2) is 0 Å². The average molecular weight is 490 g/mol. The molecule has 1 aliphatic carbocycles. The van der Waals surface area contributed by atoms with Gasteiger partial charge in [0.1, 0.15) is 0 Å². The van der Waals surface area contributed by atoms with Crippen LogP contribution >= 0.6 is 0 Å². The number of carbonyl (C=O) groups excluding carboxylic acids is 1. The van der Waals surface area contributed by atoms with Crippen LogP contribution in [-0.4, -0.2) is 46.1 Å². The van der Waals surface area contributed by atoms with E-state index in [1.54, 1.807) is 6.20 Å². The molecule has 188 valence electrons.